The van der Waals surface area contributed by atoms with Crippen LogP contribution in [0.4, 0.5) is 0 Å². The first kappa shape index (κ1) is 16.2. The van der Waals surface area contributed by atoms with E-state index in [1.54, 1.807) is 0 Å². The molecule has 0 saturated carbocycles. The molecule has 1 N–H and O–H groups in total. The molecule has 1 saturated heterocycles. The van der Waals surface area contributed by atoms with E-state index in [0.29, 0.717) is 12.2 Å². The number of carbonyl (C=O) groups excluding carboxylic acids is 1. The molecule has 1 fully saturated rings. The second-order valence-corrected chi connectivity index (χ2v) is 5.83. The van der Waals surface area contributed by atoms with E-state index in [2.05, 4.69) is 11.4 Å². The molecule has 1 aliphatic rings. The number of benzene rings is 1. The summed E-state index contributed by atoms with van der Waals surface area (Å²) in [4.78, 5) is 12.5. The van der Waals surface area contributed by atoms with Crippen LogP contribution in [0.3, 0.4) is 0 Å². The van der Waals surface area contributed by atoms with Crippen molar-refractivity contribution in [3.63, 3.8) is 0 Å². The Morgan fingerprint density at radius 1 is 1.29 bits per heavy atom. The first-order valence-electron chi connectivity index (χ1n) is 7.53. The van der Waals surface area contributed by atoms with Gasteiger partial charge in [0, 0.05) is 36.1 Å². The fraction of sp³-hybridized carbons (Fsp3) is 0.471. The summed E-state index contributed by atoms with van der Waals surface area (Å²) in [5.41, 5.74) is 2.02. The molecule has 4 heteroatoms. The van der Waals surface area contributed by atoms with Crippen molar-refractivity contribution in [1.29, 1.82) is 0 Å². The lowest BCUT2D eigenvalue weighted by Crippen LogP contribution is -2.27. The third-order valence-corrected chi connectivity index (χ3v) is 4.44. The molecule has 0 bridgehead atoms. The highest BCUT2D eigenvalue weighted by Gasteiger charge is 2.17. The number of hydrogen-bond acceptors (Lipinski definition) is 2. The Morgan fingerprint density at radius 2 is 2.00 bits per heavy atom. The monoisotopic (exact) mass is 350 g/mol. The van der Waals surface area contributed by atoms with E-state index >= 15 is 0 Å². The summed E-state index contributed by atoms with van der Waals surface area (Å²) >= 11 is 0. The van der Waals surface area contributed by atoms with Gasteiger partial charge in [0.2, 0.25) is 0 Å². The summed E-state index contributed by atoms with van der Waals surface area (Å²) in [5, 5.41) is 4.46. The Bertz CT molecular complexity index is 614. The van der Waals surface area contributed by atoms with Gasteiger partial charge in [0.15, 0.2) is 5.78 Å². The minimum absolute atomic E-state index is 0. The van der Waals surface area contributed by atoms with Crippen molar-refractivity contribution in [2.75, 3.05) is 13.1 Å². The number of Topliss-reactive ketones (excluding diaryl/α,β-unsaturated/α-hetero) is 1. The van der Waals surface area contributed by atoms with Crippen LogP contribution in [0.25, 0.3) is 10.9 Å². The van der Waals surface area contributed by atoms with Gasteiger partial charge >= 0.3 is 0 Å². The number of hydrogen-bond donors (Lipinski definition) is 1. The number of nitrogens with one attached hydrogen (secondary N) is 1. The molecule has 21 heavy (non-hydrogen) atoms. The summed E-state index contributed by atoms with van der Waals surface area (Å²) in [7, 11) is 2.01. The van der Waals surface area contributed by atoms with Gasteiger partial charge in [-0.3, -0.25) is 4.79 Å². The number of para-hydroxylation sites is 1. The van der Waals surface area contributed by atoms with E-state index in [4.69, 9.17) is 0 Å². The van der Waals surface area contributed by atoms with Crippen molar-refractivity contribution in [2.45, 2.75) is 25.7 Å². The summed E-state index contributed by atoms with van der Waals surface area (Å²) < 4.78 is 2.05. The molecule has 0 unspecified atom stereocenters. The van der Waals surface area contributed by atoms with Crippen LogP contribution < -0.4 is 5.32 Å². The van der Waals surface area contributed by atoms with E-state index < -0.39 is 0 Å². The van der Waals surface area contributed by atoms with E-state index in [9.17, 15) is 4.79 Å². The van der Waals surface area contributed by atoms with Gasteiger partial charge in [0.05, 0.1) is 0 Å². The molecule has 1 aromatic carbocycles. The molecule has 114 valence electrons. The van der Waals surface area contributed by atoms with Crippen LogP contribution in [0.2, 0.25) is 0 Å². The van der Waals surface area contributed by atoms with Crippen molar-refractivity contribution >= 4 is 33.7 Å². The zero-order valence-corrected chi connectivity index (χ0v) is 14.2. The second-order valence-electron chi connectivity index (χ2n) is 5.83. The number of ketones is 1. The van der Waals surface area contributed by atoms with Crippen LogP contribution in [0, 0.1) is 5.92 Å². The first-order valence-corrected chi connectivity index (χ1v) is 7.53. The number of piperidine rings is 1. The molecule has 0 atom stereocenters. The highest BCUT2D eigenvalue weighted by molar-refractivity contribution is 8.93. The van der Waals surface area contributed by atoms with Crippen molar-refractivity contribution in [3.8, 4) is 0 Å². The number of fused-ring (bicyclic) bond motifs is 1. The van der Waals surface area contributed by atoms with Crippen LogP contribution in [-0.2, 0) is 7.05 Å². The fourth-order valence-electron chi connectivity index (χ4n) is 3.20. The van der Waals surface area contributed by atoms with Crippen LogP contribution in [0.1, 0.15) is 36.0 Å². The molecule has 3 nitrogen and oxygen atoms in total. The normalized spacial score (nSPS) is 15.9. The Hall–Kier alpha value is -1.13. The van der Waals surface area contributed by atoms with Crippen molar-refractivity contribution < 1.29 is 4.79 Å². The number of carbonyl (C=O) groups is 1. The highest BCUT2D eigenvalue weighted by atomic mass is 79.9. The van der Waals surface area contributed by atoms with Gasteiger partial charge in [-0.25, -0.2) is 0 Å². The largest absolute Gasteiger partial charge is 0.350 e. The molecular weight excluding hydrogens is 328 g/mol. The van der Waals surface area contributed by atoms with Gasteiger partial charge in [-0.1, -0.05) is 18.2 Å². The molecule has 1 aromatic heterocycles. The number of rotatable bonds is 4. The SMILES string of the molecule is Br.Cn1cc(C(=O)CCC2CCNCC2)c2ccccc21. The van der Waals surface area contributed by atoms with Crippen LogP contribution in [-0.4, -0.2) is 23.4 Å². The Kier molecular flexibility index (Phi) is 5.59. The predicted molar refractivity (Wildman–Crippen MR) is 92.4 cm³/mol. The van der Waals surface area contributed by atoms with Gasteiger partial charge in [-0.05, 0) is 44.3 Å². The average molecular weight is 351 g/mol. The third-order valence-electron chi connectivity index (χ3n) is 4.44. The predicted octanol–water partition coefficient (Wildman–Crippen LogP) is 3.72. The minimum Gasteiger partial charge on any atom is -0.350 e. The average Bonchev–Trinajstić information content (AvgIpc) is 2.84. The molecule has 0 spiro atoms. The third kappa shape index (κ3) is 3.55. The van der Waals surface area contributed by atoms with Crippen molar-refractivity contribution in [2.24, 2.45) is 13.0 Å². The van der Waals surface area contributed by atoms with Crippen molar-refractivity contribution in [3.05, 3.63) is 36.0 Å². The maximum absolute atomic E-state index is 12.5. The van der Waals surface area contributed by atoms with E-state index in [1.165, 1.54) is 12.8 Å². The van der Waals surface area contributed by atoms with Gasteiger partial charge in [0.25, 0.3) is 0 Å². The smallest absolute Gasteiger partial charge is 0.165 e. The standard InChI is InChI=1S/C17H22N2O.BrH/c1-19-12-15(14-4-2-3-5-16(14)19)17(20)7-6-13-8-10-18-11-9-13;/h2-5,12-13,18H,6-11H2,1H3;1H. The van der Waals surface area contributed by atoms with Gasteiger partial charge < -0.3 is 9.88 Å². The van der Waals surface area contributed by atoms with Crippen LogP contribution in [0.15, 0.2) is 30.5 Å². The summed E-state index contributed by atoms with van der Waals surface area (Å²) in [6.07, 6.45) is 6.11. The van der Waals surface area contributed by atoms with Crippen LogP contribution >= 0.6 is 17.0 Å². The maximum Gasteiger partial charge on any atom is 0.165 e. The van der Waals surface area contributed by atoms with Crippen molar-refractivity contribution in [1.82, 2.24) is 9.88 Å². The van der Waals surface area contributed by atoms with Gasteiger partial charge in [-0.15, -0.1) is 17.0 Å². The molecule has 3 rings (SSSR count). The Morgan fingerprint density at radius 3 is 2.76 bits per heavy atom. The number of halogens is 1. The molecule has 0 radical (unpaired) electrons. The molecule has 1 aliphatic heterocycles. The van der Waals surface area contributed by atoms with E-state index in [0.717, 1.165) is 41.9 Å². The lowest BCUT2D eigenvalue weighted by molar-refractivity contribution is 0.0972. The molecule has 0 amide bonds. The van der Waals surface area contributed by atoms with Gasteiger partial charge in [0.1, 0.15) is 0 Å². The van der Waals surface area contributed by atoms with E-state index in [-0.39, 0.29) is 17.0 Å². The summed E-state index contributed by atoms with van der Waals surface area (Å²) in [6.45, 7) is 2.21. The summed E-state index contributed by atoms with van der Waals surface area (Å²) in [5.74, 6) is 1.01. The lowest BCUT2D eigenvalue weighted by atomic mass is 9.91. The lowest BCUT2D eigenvalue weighted by Gasteiger charge is -2.21. The highest BCUT2D eigenvalue weighted by Crippen LogP contribution is 2.24. The van der Waals surface area contributed by atoms with Gasteiger partial charge in [-0.2, -0.15) is 0 Å². The Labute approximate surface area is 136 Å². The molecule has 0 aliphatic carbocycles. The maximum atomic E-state index is 12.5. The molecule has 2 heterocycles. The second kappa shape index (κ2) is 7.23. The number of aromatic nitrogens is 1. The quantitative estimate of drug-likeness (QED) is 0.852. The first-order chi connectivity index (χ1) is 9.75. The zero-order valence-electron chi connectivity index (χ0n) is 12.5. The number of aryl methyl sites for hydroxylation is 1. The minimum atomic E-state index is 0. The fourth-order valence-corrected chi connectivity index (χ4v) is 3.20. The Balaban J connectivity index is 0.00000161. The zero-order chi connectivity index (χ0) is 13.9. The van der Waals surface area contributed by atoms with E-state index in [1.807, 2.05) is 36.0 Å². The van der Waals surface area contributed by atoms with Crippen LogP contribution in [0.5, 0.6) is 0 Å². The summed E-state index contributed by atoms with van der Waals surface area (Å²) in [6, 6.07) is 8.14. The topological polar surface area (TPSA) is 34.0 Å². The number of nitrogens with zero attached hydrogens (tertiary/aromatic N) is 1. The molecule has 2 aromatic rings. The molecular formula is C17H23BrN2O.